The first-order valence-electron chi connectivity index (χ1n) is 12.8. The number of benzene rings is 2. The summed E-state index contributed by atoms with van der Waals surface area (Å²) in [5, 5.41) is 43.0. The van der Waals surface area contributed by atoms with Crippen molar-refractivity contribution in [3.05, 3.63) is 71.3 Å². The van der Waals surface area contributed by atoms with E-state index in [0.717, 1.165) is 31.2 Å². The molecule has 3 unspecified atom stereocenters. The van der Waals surface area contributed by atoms with Crippen LogP contribution < -0.4 is 0 Å². The molecular weight excluding hydrogens is 444 g/mol. The predicted molar refractivity (Wildman–Crippen MR) is 133 cm³/mol. The molecule has 0 spiro atoms. The summed E-state index contributed by atoms with van der Waals surface area (Å²) >= 11 is 0. The van der Waals surface area contributed by atoms with Crippen LogP contribution >= 0.6 is 0 Å². The van der Waals surface area contributed by atoms with Gasteiger partial charge in [-0.3, -0.25) is 4.79 Å². The van der Waals surface area contributed by atoms with E-state index in [1.807, 2.05) is 37.3 Å². The molecule has 4 aliphatic carbocycles. The van der Waals surface area contributed by atoms with Crippen molar-refractivity contribution in [2.75, 3.05) is 0 Å². The first-order chi connectivity index (χ1) is 17.4. The van der Waals surface area contributed by atoms with Crippen molar-refractivity contribution in [2.45, 2.75) is 62.7 Å². The molecule has 178 valence electrons. The monoisotopic (exact) mass is 472 g/mol. The lowest BCUT2D eigenvalue weighted by molar-refractivity contribution is -0.0509. The average molecular weight is 473 g/mol. The molecule has 4 aliphatic rings. The van der Waals surface area contributed by atoms with Crippen molar-refractivity contribution >= 4 is 5.78 Å². The summed E-state index contributed by atoms with van der Waals surface area (Å²) in [6, 6.07) is 24.9. The van der Waals surface area contributed by atoms with Crippen LogP contribution in [0.4, 0.5) is 0 Å². The van der Waals surface area contributed by atoms with E-state index < -0.39 is 21.7 Å². The second-order valence-corrected chi connectivity index (χ2v) is 11.0. The van der Waals surface area contributed by atoms with Crippen molar-refractivity contribution in [1.29, 1.82) is 21.0 Å². The maximum absolute atomic E-state index is 14.8. The van der Waals surface area contributed by atoms with Gasteiger partial charge in [0.05, 0.1) is 29.7 Å². The average Bonchev–Trinajstić information content (AvgIpc) is 2.93. The lowest BCUT2D eigenvalue weighted by Gasteiger charge is -2.66. The highest BCUT2D eigenvalue weighted by Crippen LogP contribution is 2.75. The van der Waals surface area contributed by atoms with Crippen molar-refractivity contribution in [3.63, 3.8) is 0 Å². The molecule has 0 N–H and O–H groups in total. The summed E-state index contributed by atoms with van der Waals surface area (Å²) < 4.78 is 0. The zero-order valence-electron chi connectivity index (χ0n) is 20.5. The maximum atomic E-state index is 14.8. The maximum Gasteiger partial charge on any atom is 0.193 e. The predicted octanol–water partition coefficient (Wildman–Crippen LogP) is 6.14. The number of nitriles is 4. The van der Waals surface area contributed by atoms with Crippen LogP contribution in [0.15, 0.2) is 54.6 Å². The van der Waals surface area contributed by atoms with E-state index in [0.29, 0.717) is 29.9 Å². The minimum absolute atomic E-state index is 0.337. The summed E-state index contributed by atoms with van der Waals surface area (Å²) in [6.45, 7) is 1.85. The third kappa shape index (κ3) is 2.59. The van der Waals surface area contributed by atoms with Crippen LogP contribution in [0, 0.1) is 68.0 Å². The van der Waals surface area contributed by atoms with Gasteiger partial charge in [-0.05, 0) is 35.8 Å². The Balaban J connectivity index is 1.91. The van der Waals surface area contributed by atoms with Gasteiger partial charge < -0.3 is 0 Å². The van der Waals surface area contributed by atoms with Crippen LogP contribution in [0.1, 0.15) is 73.4 Å². The molecule has 0 amide bonds. The minimum Gasteiger partial charge on any atom is -0.293 e. The van der Waals surface area contributed by atoms with Crippen LogP contribution in [0.5, 0.6) is 0 Å². The lowest BCUT2D eigenvalue weighted by Crippen LogP contribution is -2.75. The number of Topliss-reactive ketones (excluding diaryl/α,β-unsaturated/α-hetero) is 1. The first-order valence-corrected chi connectivity index (χ1v) is 12.8. The number of hydrogen-bond acceptors (Lipinski definition) is 5. The topological polar surface area (TPSA) is 112 Å². The Hall–Kier alpha value is -3.93. The van der Waals surface area contributed by atoms with Crippen LogP contribution in [-0.4, -0.2) is 5.78 Å². The highest BCUT2D eigenvalue weighted by Gasteiger charge is 2.84. The molecule has 6 rings (SSSR count). The molecule has 5 heteroatoms. The smallest absolute Gasteiger partial charge is 0.193 e. The fourth-order valence-electron chi connectivity index (χ4n) is 8.05. The number of carbonyl (C=O) groups excluding carboxylic acids is 1. The molecular formula is C31H28N4O. The molecule has 0 saturated heterocycles. The molecule has 2 aromatic rings. The summed E-state index contributed by atoms with van der Waals surface area (Å²) in [5.41, 5.74) is -5.11. The second kappa shape index (κ2) is 8.33. The Morgan fingerprint density at radius 3 is 1.94 bits per heavy atom. The van der Waals surface area contributed by atoms with Crippen molar-refractivity contribution in [3.8, 4) is 24.3 Å². The van der Waals surface area contributed by atoms with Crippen molar-refractivity contribution in [1.82, 2.24) is 0 Å². The summed E-state index contributed by atoms with van der Waals surface area (Å²) in [5.74, 6) is -0.300. The molecule has 36 heavy (non-hydrogen) atoms. The fourth-order valence-corrected chi connectivity index (χ4v) is 8.05. The van der Waals surface area contributed by atoms with E-state index in [2.05, 4.69) is 24.3 Å². The number of nitrogens with zero attached hydrogens (tertiary/aromatic N) is 4. The number of fused-ring (bicyclic) bond motifs is 2. The van der Waals surface area contributed by atoms with Gasteiger partial charge in [-0.1, -0.05) is 93.6 Å². The Morgan fingerprint density at radius 1 is 0.806 bits per heavy atom. The van der Waals surface area contributed by atoms with E-state index >= 15 is 0 Å². The highest BCUT2D eigenvalue weighted by molar-refractivity contribution is 6.07. The first kappa shape index (κ1) is 23.8. The molecule has 0 heterocycles. The molecule has 2 aromatic carbocycles. The van der Waals surface area contributed by atoms with E-state index in [-0.39, 0.29) is 11.7 Å². The Bertz CT molecular complexity index is 1350. The van der Waals surface area contributed by atoms with Gasteiger partial charge in [0.25, 0.3) is 0 Å². The van der Waals surface area contributed by atoms with Crippen LogP contribution in [0.25, 0.3) is 0 Å². The van der Waals surface area contributed by atoms with Gasteiger partial charge in [0, 0.05) is 11.0 Å². The van der Waals surface area contributed by atoms with E-state index in [1.54, 1.807) is 24.3 Å². The molecule has 0 aromatic heterocycles. The van der Waals surface area contributed by atoms with Gasteiger partial charge in [-0.2, -0.15) is 21.0 Å². The zero-order chi connectivity index (χ0) is 25.6. The number of rotatable bonds is 4. The van der Waals surface area contributed by atoms with Crippen LogP contribution in [-0.2, 0) is 10.8 Å². The number of hydrogen-bond donors (Lipinski definition) is 0. The molecule has 5 nitrogen and oxygen atoms in total. The summed E-state index contributed by atoms with van der Waals surface area (Å²) in [7, 11) is 0. The number of carbonyl (C=O) groups is 1. The standard InChI is InChI=1S/C31H28N4O/c1-28-17-24(16-22-10-4-2-5-11-22)31(26-15-9-8-14-25(26)28,27(36)23-12-6-3-7-13-23)30(20-34,21-35)29(28,18-32)19-33/h3,6-9,12-15,22,24H,2,4-5,10-11,16-17H2,1H3. The summed E-state index contributed by atoms with van der Waals surface area (Å²) in [4.78, 5) is 14.8. The van der Waals surface area contributed by atoms with Gasteiger partial charge in [-0.15, -0.1) is 0 Å². The van der Waals surface area contributed by atoms with Gasteiger partial charge in [0.2, 0.25) is 0 Å². The van der Waals surface area contributed by atoms with E-state index in [9.17, 15) is 25.8 Å². The largest absolute Gasteiger partial charge is 0.293 e. The second-order valence-electron chi connectivity index (χ2n) is 11.0. The van der Waals surface area contributed by atoms with Gasteiger partial charge >= 0.3 is 0 Å². The zero-order valence-corrected chi connectivity index (χ0v) is 20.5. The third-order valence-electron chi connectivity index (χ3n) is 9.60. The molecule has 0 radical (unpaired) electrons. The SMILES string of the molecule is CC12CC(CC3CCCCC3)C(C(=O)c3ccccc3)(c3ccccc31)C(C#N)(C#N)C2(C#N)C#N. The lowest BCUT2D eigenvalue weighted by atomic mass is 9.28. The Kier molecular flexibility index (Phi) is 5.51. The normalized spacial score (nSPS) is 29.5. The third-order valence-corrected chi connectivity index (χ3v) is 9.60. The van der Waals surface area contributed by atoms with Crippen LogP contribution in [0.2, 0.25) is 0 Å². The Morgan fingerprint density at radius 2 is 1.36 bits per heavy atom. The van der Waals surface area contributed by atoms with Crippen molar-refractivity contribution in [2.24, 2.45) is 22.7 Å². The Labute approximate surface area is 212 Å². The summed E-state index contributed by atoms with van der Waals surface area (Å²) in [6.07, 6.45) is 6.67. The van der Waals surface area contributed by atoms with Gasteiger partial charge in [0.1, 0.15) is 0 Å². The fraction of sp³-hybridized carbons (Fsp3) is 0.452. The molecule has 2 bridgehead atoms. The molecule has 0 aliphatic heterocycles. The number of ketones is 1. The minimum atomic E-state index is -2.17. The van der Waals surface area contributed by atoms with Crippen molar-refractivity contribution < 1.29 is 4.79 Å². The molecule has 2 saturated carbocycles. The quantitative estimate of drug-likeness (QED) is 0.496. The van der Waals surface area contributed by atoms with Gasteiger partial charge in [-0.25, -0.2) is 0 Å². The molecule has 2 fully saturated rings. The van der Waals surface area contributed by atoms with E-state index in [1.165, 1.54) is 6.42 Å². The van der Waals surface area contributed by atoms with Crippen LogP contribution in [0.3, 0.4) is 0 Å². The van der Waals surface area contributed by atoms with E-state index in [4.69, 9.17) is 0 Å². The highest BCUT2D eigenvalue weighted by atomic mass is 16.1. The van der Waals surface area contributed by atoms with Gasteiger partial charge in [0.15, 0.2) is 16.6 Å². The molecule has 3 atom stereocenters.